The molecule has 1 fully saturated rings. The summed E-state index contributed by atoms with van der Waals surface area (Å²) in [5.74, 6) is -0.367. The number of rotatable bonds is 4. The molecule has 0 aromatic heterocycles. The molecule has 0 heterocycles. The molecule has 0 atom stereocenters. The normalized spacial score (nSPS) is 20.1. The Kier molecular flexibility index (Phi) is 3.29. The lowest BCUT2D eigenvalue weighted by molar-refractivity contribution is 0.0697. The Bertz CT molecular complexity index is 509. The maximum atomic E-state index is 10.8. The van der Waals surface area contributed by atoms with E-state index in [-0.39, 0.29) is 5.56 Å². The van der Waals surface area contributed by atoms with E-state index in [1.54, 1.807) is 12.1 Å². The van der Waals surface area contributed by atoms with E-state index < -0.39 is 5.97 Å². The average molecular weight is 282 g/mol. The van der Waals surface area contributed by atoms with Gasteiger partial charge < -0.3 is 10.4 Å². The largest absolute Gasteiger partial charge is 0.478 e. The highest BCUT2D eigenvalue weighted by Crippen LogP contribution is 2.68. The van der Waals surface area contributed by atoms with E-state index in [1.165, 1.54) is 6.07 Å². The first-order valence-electron chi connectivity index (χ1n) is 6.44. The van der Waals surface area contributed by atoms with Gasteiger partial charge in [-0.25, -0.2) is 4.79 Å². The lowest BCUT2D eigenvalue weighted by Gasteiger charge is -2.10. The van der Waals surface area contributed by atoms with Crippen LogP contribution in [-0.4, -0.2) is 17.6 Å². The fraction of sp³-hybridized carbons (Fsp3) is 0.533. The molecule has 0 amide bonds. The highest BCUT2D eigenvalue weighted by atomic mass is 35.5. The van der Waals surface area contributed by atoms with Crippen LogP contribution in [-0.2, 0) is 0 Å². The molecule has 0 saturated heterocycles. The maximum Gasteiger partial charge on any atom is 0.335 e. The number of hydrogen-bond acceptors (Lipinski definition) is 2. The maximum absolute atomic E-state index is 10.8. The molecule has 104 valence electrons. The fourth-order valence-corrected chi connectivity index (χ4v) is 3.09. The minimum Gasteiger partial charge on any atom is -0.478 e. The van der Waals surface area contributed by atoms with Gasteiger partial charge in [0.2, 0.25) is 0 Å². The quantitative estimate of drug-likeness (QED) is 0.872. The zero-order valence-corrected chi connectivity index (χ0v) is 12.5. The molecule has 1 saturated carbocycles. The second kappa shape index (κ2) is 4.41. The predicted molar refractivity (Wildman–Crippen MR) is 78.0 cm³/mol. The van der Waals surface area contributed by atoms with Gasteiger partial charge in [0.25, 0.3) is 0 Å². The van der Waals surface area contributed by atoms with Crippen molar-refractivity contribution < 1.29 is 9.90 Å². The number of carbonyl (C=O) groups is 1. The van der Waals surface area contributed by atoms with Crippen molar-refractivity contribution in [1.29, 1.82) is 0 Å². The minimum atomic E-state index is -0.960. The van der Waals surface area contributed by atoms with E-state index in [0.717, 1.165) is 12.2 Å². The molecule has 1 aromatic rings. The van der Waals surface area contributed by atoms with Crippen molar-refractivity contribution in [3.05, 3.63) is 28.8 Å². The zero-order chi connectivity index (χ0) is 14.4. The Morgan fingerprint density at radius 2 is 1.89 bits per heavy atom. The van der Waals surface area contributed by atoms with Gasteiger partial charge in [0.15, 0.2) is 0 Å². The van der Waals surface area contributed by atoms with Crippen molar-refractivity contribution in [2.75, 3.05) is 11.9 Å². The Morgan fingerprint density at radius 3 is 2.32 bits per heavy atom. The minimum absolute atomic E-state index is 0.211. The number of halogens is 1. The molecule has 0 bridgehead atoms. The van der Waals surface area contributed by atoms with Gasteiger partial charge in [-0.15, -0.1) is 0 Å². The van der Waals surface area contributed by atoms with Crippen LogP contribution in [0, 0.1) is 16.7 Å². The van der Waals surface area contributed by atoms with Crippen molar-refractivity contribution in [3.8, 4) is 0 Å². The summed E-state index contributed by atoms with van der Waals surface area (Å²) in [4.78, 5) is 10.8. The standard InChI is InChI=1S/C15H20ClNO2/c1-14(2)12(15(14,3)4)8-17-11-6-5-9(13(18)19)7-10(11)16/h5-7,12,17H,8H2,1-4H3,(H,18,19). The van der Waals surface area contributed by atoms with Gasteiger partial charge in [-0.2, -0.15) is 0 Å². The lowest BCUT2D eigenvalue weighted by Crippen LogP contribution is -2.09. The topological polar surface area (TPSA) is 49.3 Å². The van der Waals surface area contributed by atoms with E-state index in [4.69, 9.17) is 16.7 Å². The summed E-state index contributed by atoms with van der Waals surface area (Å²) in [7, 11) is 0. The van der Waals surface area contributed by atoms with Gasteiger partial charge in [-0.3, -0.25) is 0 Å². The predicted octanol–water partition coefficient (Wildman–Crippen LogP) is 4.13. The third-order valence-electron chi connectivity index (χ3n) is 5.03. The first kappa shape index (κ1) is 14.2. The molecule has 19 heavy (non-hydrogen) atoms. The van der Waals surface area contributed by atoms with Crippen molar-refractivity contribution >= 4 is 23.3 Å². The number of aromatic carboxylic acids is 1. The molecule has 0 unspecified atom stereocenters. The molecule has 2 N–H and O–H groups in total. The van der Waals surface area contributed by atoms with Crippen molar-refractivity contribution in [2.45, 2.75) is 27.7 Å². The van der Waals surface area contributed by atoms with Crippen molar-refractivity contribution in [2.24, 2.45) is 16.7 Å². The van der Waals surface area contributed by atoms with Gasteiger partial charge in [0.05, 0.1) is 16.3 Å². The van der Waals surface area contributed by atoms with Crippen LogP contribution in [0.3, 0.4) is 0 Å². The van der Waals surface area contributed by atoms with Gasteiger partial charge in [0.1, 0.15) is 0 Å². The van der Waals surface area contributed by atoms with Crippen molar-refractivity contribution in [3.63, 3.8) is 0 Å². The monoisotopic (exact) mass is 281 g/mol. The molecule has 1 aliphatic rings. The number of carboxylic acid groups (broad SMARTS) is 1. The number of hydrogen-bond donors (Lipinski definition) is 2. The molecule has 4 heteroatoms. The van der Waals surface area contributed by atoms with Crippen LogP contribution in [0.5, 0.6) is 0 Å². The number of benzene rings is 1. The Labute approximate surface area is 119 Å². The van der Waals surface area contributed by atoms with E-state index in [1.807, 2.05) is 0 Å². The van der Waals surface area contributed by atoms with Crippen LogP contribution < -0.4 is 5.32 Å². The third kappa shape index (κ3) is 2.32. The smallest absolute Gasteiger partial charge is 0.335 e. The number of anilines is 1. The molecule has 0 aliphatic heterocycles. The molecule has 0 spiro atoms. The fourth-order valence-electron chi connectivity index (χ4n) is 2.85. The number of nitrogens with one attached hydrogen (secondary N) is 1. The first-order chi connectivity index (χ1) is 8.68. The van der Waals surface area contributed by atoms with Crippen LogP contribution in [0.1, 0.15) is 38.1 Å². The van der Waals surface area contributed by atoms with Crippen LogP contribution in [0.4, 0.5) is 5.69 Å². The number of carboxylic acids is 1. The van der Waals surface area contributed by atoms with E-state index in [9.17, 15) is 4.79 Å². The second-order valence-corrected chi connectivity index (χ2v) is 6.78. The summed E-state index contributed by atoms with van der Waals surface area (Å²) in [6.07, 6.45) is 0. The SMILES string of the molecule is CC1(C)C(CNc2ccc(C(=O)O)cc2Cl)C1(C)C. The van der Waals surface area contributed by atoms with Gasteiger partial charge in [-0.05, 0) is 34.9 Å². The van der Waals surface area contributed by atoms with E-state index in [2.05, 4.69) is 33.0 Å². The van der Waals surface area contributed by atoms with E-state index in [0.29, 0.717) is 21.8 Å². The summed E-state index contributed by atoms with van der Waals surface area (Å²) in [5, 5.41) is 12.7. The molecule has 0 radical (unpaired) electrons. The summed E-state index contributed by atoms with van der Waals surface area (Å²) >= 11 is 6.09. The first-order valence-corrected chi connectivity index (χ1v) is 6.82. The third-order valence-corrected chi connectivity index (χ3v) is 5.35. The van der Waals surface area contributed by atoms with Crippen LogP contribution in [0.15, 0.2) is 18.2 Å². The second-order valence-electron chi connectivity index (χ2n) is 6.38. The van der Waals surface area contributed by atoms with Crippen LogP contribution in [0.25, 0.3) is 0 Å². The summed E-state index contributed by atoms with van der Waals surface area (Å²) in [6.45, 7) is 9.94. The van der Waals surface area contributed by atoms with Crippen LogP contribution >= 0.6 is 11.6 Å². The summed E-state index contributed by atoms with van der Waals surface area (Å²) in [5.41, 5.74) is 1.66. The Hall–Kier alpha value is -1.22. The summed E-state index contributed by atoms with van der Waals surface area (Å²) in [6, 6.07) is 4.78. The summed E-state index contributed by atoms with van der Waals surface area (Å²) < 4.78 is 0. The van der Waals surface area contributed by atoms with Gasteiger partial charge in [-0.1, -0.05) is 39.3 Å². The lowest BCUT2D eigenvalue weighted by atomic mass is 10.0. The van der Waals surface area contributed by atoms with Gasteiger partial charge >= 0.3 is 5.97 Å². The Morgan fingerprint density at radius 1 is 1.32 bits per heavy atom. The average Bonchev–Trinajstić information content (AvgIpc) is 2.68. The Balaban J connectivity index is 2.04. The molecule has 1 aromatic carbocycles. The molecule has 2 rings (SSSR count). The molecule has 3 nitrogen and oxygen atoms in total. The van der Waals surface area contributed by atoms with E-state index >= 15 is 0 Å². The highest BCUT2D eigenvalue weighted by Gasteiger charge is 2.64. The zero-order valence-electron chi connectivity index (χ0n) is 11.7. The van der Waals surface area contributed by atoms with Crippen LogP contribution in [0.2, 0.25) is 5.02 Å². The highest BCUT2D eigenvalue weighted by molar-refractivity contribution is 6.33. The molecular formula is C15H20ClNO2. The molecular weight excluding hydrogens is 262 g/mol. The van der Waals surface area contributed by atoms with Gasteiger partial charge in [0, 0.05) is 6.54 Å². The molecule has 1 aliphatic carbocycles. The van der Waals surface area contributed by atoms with Crippen molar-refractivity contribution in [1.82, 2.24) is 0 Å².